The second kappa shape index (κ2) is 6.04. The van der Waals surface area contributed by atoms with Gasteiger partial charge in [-0.2, -0.15) is 0 Å². The van der Waals surface area contributed by atoms with Crippen molar-refractivity contribution in [3.05, 3.63) is 53.5 Å². The second-order valence-electron chi connectivity index (χ2n) is 5.53. The lowest BCUT2D eigenvalue weighted by atomic mass is 9.96. The van der Waals surface area contributed by atoms with Crippen LogP contribution in [-0.2, 0) is 12.8 Å². The molecular formula is C17H20N4. The summed E-state index contributed by atoms with van der Waals surface area (Å²) >= 11 is 0. The van der Waals surface area contributed by atoms with Gasteiger partial charge in [-0.1, -0.05) is 30.3 Å². The van der Waals surface area contributed by atoms with E-state index < -0.39 is 0 Å². The van der Waals surface area contributed by atoms with Crippen LogP contribution in [0.15, 0.2) is 41.7 Å². The molecule has 0 amide bonds. The lowest BCUT2D eigenvalue weighted by molar-refractivity contribution is 0.622. The summed E-state index contributed by atoms with van der Waals surface area (Å²) in [6.45, 7) is 0. The van der Waals surface area contributed by atoms with Crippen LogP contribution in [0.25, 0.3) is 0 Å². The normalized spacial score (nSPS) is 14.7. The fourth-order valence-electron chi connectivity index (χ4n) is 2.71. The summed E-state index contributed by atoms with van der Waals surface area (Å²) in [5, 5.41) is 0. The monoisotopic (exact) mass is 280 g/mol. The zero-order valence-corrected chi connectivity index (χ0v) is 12.6. The molecule has 1 aromatic heterocycles. The lowest BCUT2D eigenvalue weighted by Gasteiger charge is -2.19. The molecule has 0 fully saturated rings. The lowest BCUT2D eigenvalue weighted by Crippen LogP contribution is -2.23. The third-order valence-corrected chi connectivity index (χ3v) is 3.77. The Bertz CT molecular complexity index is 647. The first kappa shape index (κ1) is 13.7. The number of hydrogen-bond donors (Lipinski definition) is 0. The van der Waals surface area contributed by atoms with E-state index in [1.165, 1.54) is 24.1 Å². The standard InChI is InChI=1S/C17H20N4/c1-21(2)17(13-8-4-3-5-9-13)20-16-14-10-6-7-11-15(14)18-12-19-16/h3-5,8-9,12H,6-7,10-11H2,1-2H3. The molecule has 1 aliphatic rings. The average molecular weight is 280 g/mol. The van der Waals surface area contributed by atoms with Crippen LogP contribution in [0.5, 0.6) is 0 Å². The molecule has 2 aromatic rings. The molecule has 0 spiro atoms. The van der Waals surface area contributed by atoms with Crippen LogP contribution >= 0.6 is 0 Å². The van der Waals surface area contributed by atoms with Gasteiger partial charge in [-0.3, -0.25) is 0 Å². The Labute approximate surface area is 125 Å². The van der Waals surface area contributed by atoms with Gasteiger partial charge in [0.1, 0.15) is 12.2 Å². The molecule has 4 heteroatoms. The molecule has 0 atom stereocenters. The van der Waals surface area contributed by atoms with Crippen molar-refractivity contribution in [2.45, 2.75) is 25.7 Å². The Balaban J connectivity index is 2.06. The van der Waals surface area contributed by atoms with Crippen molar-refractivity contribution < 1.29 is 0 Å². The molecule has 3 rings (SSSR count). The van der Waals surface area contributed by atoms with Gasteiger partial charge in [0, 0.05) is 30.9 Å². The Morgan fingerprint density at radius 3 is 2.57 bits per heavy atom. The van der Waals surface area contributed by atoms with Gasteiger partial charge in [-0.25, -0.2) is 15.0 Å². The van der Waals surface area contributed by atoms with Crippen molar-refractivity contribution in [3.63, 3.8) is 0 Å². The summed E-state index contributed by atoms with van der Waals surface area (Å²) in [6.07, 6.45) is 6.13. The number of aromatic nitrogens is 2. The first-order valence-corrected chi connectivity index (χ1v) is 7.40. The summed E-state index contributed by atoms with van der Waals surface area (Å²) in [4.78, 5) is 15.7. The number of fused-ring (bicyclic) bond motifs is 1. The molecule has 1 aliphatic carbocycles. The van der Waals surface area contributed by atoms with E-state index in [1.807, 2.05) is 37.2 Å². The van der Waals surface area contributed by atoms with Crippen LogP contribution in [0.1, 0.15) is 29.7 Å². The van der Waals surface area contributed by atoms with Crippen LogP contribution in [0.2, 0.25) is 0 Å². The van der Waals surface area contributed by atoms with E-state index >= 15 is 0 Å². The summed E-state index contributed by atoms with van der Waals surface area (Å²) in [7, 11) is 4.03. The van der Waals surface area contributed by atoms with E-state index in [4.69, 9.17) is 4.99 Å². The van der Waals surface area contributed by atoms with Crippen LogP contribution in [0.4, 0.5) is 5.82 Å². The molecule has 1 heterocycles. The van der Waals surface area contributed by atoms with Crippen LogP contribution < -0.4 is 0 Å². The summed E-state index contributed by atoms with van der Waals surface area (Å²) in [6, 6.07) is 10.2. The van der Waals surface area contributed by atoms with Crippen molar-refractivity contribution in [1.82, 2.24) is 14.9 Å². The smallest absolute Gasteiger partial charge is 0.161 e. The van der Waals surface area contributed by atoms with Gasteiger partial charge >= 0.3 is 0 Å². The largest absolute Gasteiger partial charge is 0.362 e. The fraction of sp³-hybridized carbons (Fsp3) is 0.353. The van der Waals surface area contributed by atoms with Gasteiger partial charge in [-0.05, 0) is 25.7 Å². The van der Waals surface area contributed by atoms with Gasteiger partial charge in [0.05, 0.1) is 0 Å². The number of aliphatic imine (C=N–C) groups is 1. The molecule has 4 nitrogen and oxygen atoms in total. The maximum atomic E-state index is 4.83. The minimum Gasteiger partial charge on any atom is -0.362 e. The van der Waals surface area contributed by atoms with Crippen molar-refractivity contribution >= 4 is 11.7 Å². The number of hydrogen-bond acceptors (Lipinski definition) is 3. The second-order valence-corrected chi connectivity index (χ2v) is 5.53. The zero-order valence-electron chi connectivity index (χ0n) is 12.6. The molecule has 1 aromatic carbocycles. The van der Waals surface area contributed by atoms with E-state index in [0.29, 0.717) is 0 Å². The molecule has 21 heavy (non-hydrogen) atoms. The highest BCUT2D eigenvalue weighted by Gasteiger charge is 2.16. The quantitative estimate of drug-likeness (QED) is 0.627. The molecule has 0 radical (unpaired) electrons. The van der Waals surface area contributed by atoms with E-state index in [9.17, 15) is 0 Å². The van der Waals surface area contributed by atoms with E-state index in [-0.39, 0.29) is 0 Å². The summed E-state index contributed by atoms with van der Waals surface area (Å²) < 4.78 is 0. The van der Waals surface area contributed by atoms with Gasteiger partial charge in [0.15, 0.2) is 5.82 Å². The highest BCUT2D eigenvalue weighted by molar-refractivity contribution is 5.99. The van der Waals surface area contributed by atoms with E-state index in [0.717, 1.165) is 30.1 Å². The highest BCUT2D eigenvalue weighted by Crippen LogP contribution is 2.27. The minimum atomic E-state index is 0.826. The molecule has 0 saturated carbocycles. The number of nitrogens with zero attached hydrogens (tertiary/aromatic N) is 4. The predicted octanol–water partition coefficient (Wildman–Crippen LogP) is 3.00. The predicted molar refractivity (Wildman–Crippen MR) is 85.0 cm³/mol. The summed E-state index contributed by atoms with van der Waals surface area (Å²) in [5.41, 5.74) is 3.49. The molecule has 0 bridgehead atoms. The van der Waals surface area contributed by atoms with Crippen molar-refractivity contribution in [2.75, 3.05) is 14.1 Å². The average Bonchev–Trinajstić information content (AvgIpc) is 2.53. The van der Waals surface area contributed by atoms with Crippen LogP contribution in [0.3, 0.4) is 0 Å². The van der Waals surface area contributed by atoms with Gasteiger partial charge in [0.2, 0.25) is 0 Å². The Hall–Kier alpha value is -2.23. The maximum Gasteiger partial charge on any atom is 0.161 e. The van der Waals surface area contributed by atoms with Crippen molar-refractivity contribution in [3.8, 4) is 0 Å². The maximum absolute atomic E-state index is 4.83. The van der Waals surface area contributed by atoms with Gasteiger partial charge in [0.25, 0.3) is 0 Å². The Morgan fingerprint density at radius 2 is 1.81 bits per heavy atom. The SMILES string of the molecule is CN(C)C(=Nc1ncnc2c1CCCC2)c1ccccc1. The van der Waals surface area contributed by atoms with Crippen molar-refractivity contribution in [2.24, 2.45) is 4.99 Å². The Kier molecular flexibility index (Phi) is 3.95. The first-order valence-electron chi connectivity index (χ1n) is 7.40. The summed E-state index contributed by atoms with van der Waals surface area (Å²) in [5.74, 6) is 1.76. The van der Waals surface area contributed by atoms with Crippen LogP contribution in [0, 0.1) is 0 Å². The molecular weight excluding hydrogens is 260 g/mol. The number of benzene rings is 1. The molecule has 108 valence electrons. The molecule has 0 aliphatic heterocycles. The third kappa shape index (κ3) is 2.94. The molecule has 0 unspecified atom stereocenters. The Morgan fingerprint density at radius 1 is 1.05 bits per heavy atom. The topological polar surface area (TPSA) is 41.4 Å². The number of rotatable bonds is 2. The number of aryl methyl sites for hydroxylation is 1. The van der Waals surface area contributed by atoms with E-state index in [2.05, 4.69) is 22.1 Å². The first-order chi connectivity index (χ1) is 10.3. The van der Waals surface area contributed by atoms with Crippen molar-refractivity contribution in [1.29, 1.82) is 0 Å². The zero-order chi connectivity index (χ0) is 14.7. The van der Waals surface area contributed by atoms with E-state index in [1.54, 1.807) is 6.33 Å². The third-order valence-electron chi connectivity index (χ3n) is 3.77. The van der Waals surface area contributed by atoms with Gasteiger partial charge in [-0.15, -0.1) is 0 Å². The molecule has 0 saturated heterocycles. The number of amidine groups is 1. The van der Waals surface area contributed by atoms with Gasteiger partial charge < -0.3 is 4.90 Å². The molecule has 0 N–H and O–H groups in total. The van der Waals surface area contributed by atoms with Crippen LogP contribution in [-0.4, -0.2) is 34.8 Å². The fourth-order valence-corrected chi connectivity index (χ4v) is 2.71. The highest BCUT2D eigenvalue weighted by atomic mass is 15.2. The minimum absolute atomic E-state index is 0.826.